The highest BCUT2D eigenvalue weighted by Crippen LogP contribution is 2.34. The largest absolute Gasteiger partial charge is 0.462 e. The van der Waals surface area contributed by atoms with Gasteiger partial charge in [-0.1, -0.05) is 60.7 Å². The molecule has 0 radical (unpaired) electrons. The molecule has 5 heteroatoms. The lowest BCUT2D eigenvalue weighted by Gasteiger charge is -2.05. The van der Waals surface area contributed by atoms with Crippen molar-refractivity contribution < 1.29 is 9.21 Å². The molecular formula is C21H16N2O2S. The van der Waals surface area contributed by atoms with Crippen molar-refractivity contribution in [1.29, 1.82) is 0 Å². The predicted octanol–water partition coefficient (Wildman–Crippen LogP) is 5.00. The number of carbonyl (C=O) groups is 1. The molecule has 0 spiro atoms. The number of hydrogen-bond acceptors (Lipinski definition) is 4. The molecule has 4 nitrogen and oxygen atoms in total. The van der Waals surface area contributed by atoms with Crippen LogP contribution in [0.2, 0.25) is 0 Å². The van der Waals surface area contributed by atoms with Crippen LogP contribution in [0.3, 0.4) is 0 Å². The minimum absolute atomic E-state index is 0.136. The monoisotopic (exact) mass is 360 g/mol. The summed E-state index contributed by atoms with van der Waals surface area (Å²) < 4.78 is 5.45. The van der Waals surface area contributed by atoms with Crippen LogP contribution in [0, 0.1) is 0 Å². The summed E-state index contributed by atoms with van der Waals surface area (Å²) in [6.07, 6.45) is 1.61. The van der Waals surface area contributed by atoms with Gasteiger partial charge in [-0.3, -0.25) is 4.79 Å². The van der Waals surface area contributed by atoms with E-state index < -0.39 is 0 Å². The lowest BCUT2D eigenvalue weighted by atomic mass is 10.1. The van der Waals surface area contributed by atoms with Gasteiger partial charge in [0.15, 0.2) is 10.8 Å². The van der Waals surface area contributed by atoms with Crippen LogP contribution in [0.25, 0.3) is 22.0 Å². The fourth-order valence-corrected chi connectivity index (χ4v) is 3.60. The molecule has 0 fully saturated rings. The first-order chi connectivity index (χ1) is 12.8. The number of amides is 1. The van der Waals surface area contributed by atoms with E-state index in [1.807, 2.05) is 72.8 Å². The van der Waals surface area contributed by atoms with Crippen LogP contribution in [-0.2, 0) is 6.54 Å². The highest BCUT2D eigenvalue weighted by Gasteiger charge is 2.21. The zero-order valence-electron chi connectivity index (χ0n) is 13.9. The van der Waals surface area contributed by atoms with Crippen molar-refractivity contribution in [2.45, 2.75) is 6.54 Å². The van der Waals surface area contributed by atoms with Gasteiger partial charge in [-0.25, -0.2) is 4.98 Å². The van der Waals surface area contributed by atoms with E-state index >= 15 is 0 Å². The summed E-state index contributed by atoms with van der Waals surface area (Å²) in [6, 6.07) is 23.2. The molecule has 4 aromatic rings. The average Bonchev–Trinajstić information content (AvgIpc) is 3.37. The van der Waals surface area contributed by atoms with E-state index in [4.69, 9.17) is 4.42 Å². The average molecular weight is 360 g/mol. The Kier molecular flexibility index (Phi) is 4.62. The van der Waals surface area contributed by atoms with E-state index in [-0.39, 0.29) is 5.91 Å². The summed E-state index contributed by atoms with van der Waals surface area (Å²) in [5.74, 6) is 0.525. The summed E-state index contributed by atoms with van der Waals surface area (Å²) in [5, 5.41) is 3.68. The molecule has 0 atom stereocenters. The Morgan fingerprint density at radius 3 is 2.38 bits per heavy atom. The van der Waals surface area contributed by atoms with Crippen molar-refractivity contribution in [3.8, 4) is 22.0 Å². The quantitative estimate of drug-likeness (QED) is 0.545. The molecule has 0 aliphatic rings. The molecule has 0 aliphatic carbocycles. The van der Waals surface area contributed by atoms with Gasteiger partial charge in [0.25, 0.3) is 5.91 Å². The smallest absolute Gasteiger partial charge is 0.263 e. The van der Waals surface area contributed by atoms with Gasteiger partial charge in [0.1, 0.15) is 4.88 Å². The maximum atomic E-state index is 12.8. The van der Waals surface area contributed by atoms with Crippen LogP contribution in [0.4, 0.5) is 0 Å². The zero-order valence-corrected chi connectivity index (χ0v) is 14.7. The summed E-state index contributed by atoms with van der Waals surface area (Å²) in [6.45, 7) is 0.474. The Hall–Kier alpha value is -3.18. The Morgan fingerprint density at radius 2 is 1.69 bits per heavy atom. The molecule has 0 aliphatic heterocycles. The maximum Gasteiger partial charge on any atom is 0.263 e. The summed E-state index contributed by atoms with van der Waals surface area (Å²) >= 11 is 1.34. The van der Waals surface area contributed by atoms with Gasteiger partial charge < -0.3 is 9.73 Å². The summed E-state index contributed by atoms with van der Waals surface area (Å²) in [5.41, 5.74) is 2.64. The first-order valence-electron chi connectivity index (χ1n) is 8.23. The molecule has 2 aromatic carbocycles. The van der Waals surface area contributed by atoms with Crippen LogP contribution in [0.1, 0.15) is 15.2 Å². The van der Waals surface area contributed by atoms with E-state index in [1.54, 1.807) is 6.26 Å². The van der Waals surface area contributed by atoms with E-state index in [9.17, 15) is 4.79 Å². The second-order valence-corrected chi connectivity index (χ2v) is 6.71. The molecule has 0 unspecified atom stereocenters. The molecule has 128 valence electrons. The van der Waals surface area contributed by atoms with Gasteiger partial charge in [-0.15, -0.1) is 11.3 Å². The molecule has 0 saturated heterocycles. The first-order valence-corrected chi connectivity index (χ1v) is 9.05. The minimum atomic E-state index is -0.136. The van der Waals surface area contributed by atoms with Crippen LogP contribution in [0.15, 0.2) is 83.5 Å². The second kappa shape index (κ2) is 7.37. The number of thiazole rings is 1. The van der Waals surface area contributed by atoms with Crippen molar-refractivity contribution in [3.63, 3.8) is 0 Å². The standard InChI is InChI=1S/C21H16N2O2S/c24-20(22-14-15-8-3-1-4-9-15)19-18(16-10-5-2-6-11-16)23-21(26-19)17-12-7-13-25-17/h1-13H,14H2,(H,22,24). The van der Waals surface area contributed by atoms with Gasteiger partial charge in [0, 0.05) is 12.1 Å². The number of rotatable bonds is 5. The number of benzene rings is 2. The minimum Gasteiger partial charge on any atom is -0.462 e. The van der Waals surface area contributed by atoms with Gasteiger partial charge in [-0.2, -0.15) is 0 Å². The highest BCUT2D eigenvalue weighted by molar-refractivity contribution is 7.17. The third-order valence-corrected chi connectivity index (χ3v) is 4.98. The van der Waals surface area contributed by atoms with Crippen molar-refractivity contribution in [2.75, 3.05) is 0 Å². The molecule has 2 aromatic heterocycles. The molecule has 1 N–H and O–H groups in total. The molecule has 26 heavy (non-hydrogen) atoms. The SMILES string of the molecule is O=C(NCc1ccccc1)c1sc(-c2ccco2)nc1-c1ccccc1. The van der Waals surface area contributed by atoms with E-state index in [0.29, 0.717) is 27.9 Å². The molecular weight excluding hydrogens is 344 g/mol. The number of aromatic nitrogens is 1. The Labute approximate surface area is 155 Å². The number of nitrogens with one attached hydrogen (secondary N) is 1. The number of nitrogens with zero attached hydrogens (tertiary/aromatic N) is 1. The maximum absolute atomic E-state index is 12.8. The fourth-order valence-electron chi connectivity index (χ4n) is 2.63. The lowest BCUT2D eigenvalue weighted by molar-refractivity contribution is 0.0955. The first kappa shape index (κ1) is 16.3. The van der Waals surface area contributed by atoms with Crippen molar-refractivity contribution in [2.24, 2.45) is 0 Å². The van der Waals surface area contributed by atoms with Crippen LogP contribution >= 0.6 is 11.3 Å². The van der Waals surface area contributed by atoms with Crippen molar-refractivity contribution in [1.82, 2.24) is 10.3 Å². The van der Waals surface area contributed by atoms with Crippen LogP contribution in [-0.4, -0.2) is 10.9 Å². The van der Waals surface area contributed by atoms with E-state index in [0.717, 1.165) is 11.1 Å². The van der Waals surface area contributed by atoms with Crippen molar-refractivity contribution >= 4 is 17.2 Å². The summed E-state index contributed by atoms with van der Waals surface area (Å²) in [4.78, 5) is 18.1. The van der Waals surface area contributed by atoms with Crippen molar-refractivity contribution in [3.05, 3.63) is 89.5 Å². The highest BCUT2D eigenvalue weighted by atomic mass is 32.1. The third kappa shape index (κ3) is 3.43. The summed E-state index contributed by atoms with van der Waals surface area (Å²) in [7, 11) is 0. The van der Waals surface area contributed by atoms with Gasteiger partial charge in [0.2, 0.25) is 0 Å². The number of carbonyl (C=O) groups excluding carboxylic acids is 1. The number of hydrogen-bond donors (Lipinski definition) is 1. The molecule has 4 rings (SSSR count). The topological polar surface area (TPSA) is 55.1 Å². The Morgan fingerprint density at radius 1 is 0.962 bits per heavy atom. The Balaban J connectivity index is 1.66. The second-order valence-electron chi connectivity index (χ2n) is 5.71. The fraction of sp³-hybridized carbons (Fsp3) is 0.0476. The van der Waals surface area contributed by atoms with E-state index in [2.05, 4.69) is 10.3 Å². The number of furan rings is 1. The molecule has 0 bridgehead atoms. The van der Waals surface area contributed by atoms with Crippen LogP contribution < -0.4 is 5.32 Å². The van der Waals surface area contributed by atoms with E-state index in [1.165, 1.54) is 11.3 Å². The molecule has 1 amide bonds. The van der Waals surface area contributed by atoms with Gasteiger partial charge in [0.05, 0.1) is 12.0 Å². The normalized spacial score (nSPS) is 10.6. The Bertz CT molecular complexity index is 993. The zero-order chi connectivity index (χ0) is 17.8. The van der Waals surface area contributed by atoms with Crippen LogP contribution in [0.5, 0.6) is 0 Å². The molecule has 0 saturated carbocycles. The molecule has 2 heterocycles. The van der Waals surface area contributed by atoms with Gasteiger partial charge >= 0.3 is 0 Å². The third-order valence-electron chi connectivity index (χ3n) is 3.91. The predicted molar refractivity (Wildman–Crippen MR) is 103 cm³/mol. The lowest BCUT2D eigenvalue weighted by Crippen LogP contribution is -2.22. The van der Waals surface area contributed by atoms with Gasteiger partial charge in [-0.05, 0) is 17.7 Å².